The summed E-state index contributed by atoms with van der Waals surface area (Å²) < 4.78 is 0. The van der Waals surface area contributed by atoms with E-state index in [1.807, 2.05) is 41.5 Å². The van der Waals surface area contributed by atoms with Gasteiger partial charge in [-0.25, -0.2) is 0 Å². The Hall–Kier alpha value is 1.86. The van der Waals surface area contributed by atoms with Gasteiger partial charge in [-0.1, -0.05) is 75.7 Å². The molecule has 0 aliphatic rings. The summed E-state index contributed by atoms with van der Waals surface area (Å²) in [6.45, 7) is 26.1. The van der Waals surface area contributed by atoms with Crippen molar-refractivity contribution in [1.29, 1.82) is 0 Å². The summed E-state index contributed by atoms with van der Waals surface area (Å²) >= 11 is 0. The molecule has 0 heterocycles. The third-order valence-corrected chi connectivity index (χ3v) is 1.78. The van der Waals surface area contributed by atoms with Gasteiger partial charge in [0.2, 0.25) is 0 Å². The van der Waals surface area contributed by atoms with Gasteiger partial charge in [0.1, 0.15) is 0 Å². The molecular formula is C18H48BWY-2. The van der Waals surface area contributed by atoms with Gasteiger partial charge in [-0.15, -0.1) is 0 Å². The van der Waals surface area contributed by atoms with Crippen molar-refractivity contribution in [2.45, 2.75) is 82.6 Å². The second kappa shape index (κ2) is 121. The van der Waals surface area contributed by atoms with Gasteiger partial charge >= 0.3 is 21.1 Å². The molecule has 0 saturated carbocycles. The maximum Gasteiger partial charge on any atom is 2.00 e. The molecule has 0 bridgehead atoms. The van der Waals surface area contributed by atoms with Crippen molar-refractivity contribution in [3.63, 3.8) is 0 Å². The first-order valence-corrected chi connectivity index (χ1v) is 6.89. The van der Waals surface area contributed by atoms with Gasteiger partial charge in [0.05, 0.1) is 0 Å². The molecule has 0 saturated heterocycles. The molecule has 134 valence electrons. The fraction of sp³-hybridized carbons (Fsp3) is 0.778. The van der Waals surface area contributed by atoms with Crippen LogP contribution in [0, 0.1) is 41.0 Å². The van der Waals surface area contributed by atoms with Gasteiger partial charge in [-0.05, 0) is 11.8 Å². The number of rotatable bonds is 2. The smallest absolute Gasteiger partial charge is 0.358 e. The first-order valence-electron chi connectivity index (χ1n) is 6.89. The molecule has 1 atom stereocenters. The van der Waals surface area contributed by atoms with E-state index in [-0.39, 0.29) is 84.5 Å². The molecule has 0 spiro atoms. The van der Waals surface area contributed by atoms with Crippen molar-refractivity contribution in [3.8, 4) is 0 Å². The van der Waals surface area contributed by atoms with E-state index >= 15 is 0 Å². The second-order valence-corrected chi connectivity index (χ2v) is 2.63. The first-order chi connectivity index (χ1) is 7.18. The van der Waals surface area contributed by atoms with E-state index in [4.69, 9.17) is 0 Å². The molecule has 0 fully saturated rings. The Kier molecular flexibility index (Phi) is 448. The fourth-order valence-corrected chi connectivity index (χ4v) is 0.471. The Morgan fingerprint density at radius 1 is 0.714 bits per heavy atom. The van der Waals surface area contributed by atoms with Crippen LogP contribution in [-0.4, -0.2) is 8.41 Å². The third kappa shape index (κ3) is 140. The van der Waals surface area contributed by atoms with E-state index in [1.165, 1.54) is 6.42 Å². The van der Waals surface area contributed by atoms with Crippen LogP contribution in [0.2, 0.25) is 0 Å². The zero-order valence-corrected chi connectivity index (χ0v) is 23.9. The Balaban J connectivity index is -0.00000000710. The topological polar surface area (TPSA) is 0 Å². The van der Waals surface area contributed by atoms with Crippen LogP contribution in [0.4, 0.5) is 0 Å². The minimum absolute atomic E-state index is 0. The van der Waals surface area contributed by atoms with Crippen molar-refractivity contribution in [2.24, 2.45) is 11.8 Å². The SMILES string of the molecule is CC.CC.CC.CCC(C)C(C)C.[B].[CH2-]C.[CH3-].[CH3-].[CH3-].[W+2].[Y]. The molecule has 21 heavy (non-hydrogen) atoms. The van der Waals surface area contributed by atoms with Gasteiger partial charge in [0.25, 0.3) is 0 Å². The molecular weight excluding hydrogens is 500 g/mol. The zero-order chi connectivity index (χ0) is 13.9. The van der Waals surface area contributed by atoms with E-state index in [1.54, 1.807) is 6.92 Å². The third-order valence-electron chi connectivity index (χ3n) is 1.78. The van der Waals surface area contributed by atoms with Crippen LogP contribution in [0.3, 0.4) is 0 Å². The van der Waals surface area contributed by atoms with E-state index in [0.717, 1.165) is 11.8 Å². The predicted molar refractivity (Wildman–Crippen MR) is 104 cm³/mol. The molecule has 0 aliphatic heterocycles. The van der Waals surface area contributed by atoms with E-state index < -0.39 is 0 Å². The maximum atomic E-state index is 3.25. The van der Waals surface area contributed by atoms with Crippen molar-refractivity contribution in [2.75, 3.05) is 0 Å². The Labute approximate surface area is 184 Å². The minimum Gasteiger partial charge on any atom is -0.358 e. The van der Waals surface area contributed by atoms with Crippen LogP contribution in [0.5, 0.6) is 0 Å². The standard InChI is InChI=1S/C7H16.3C2H6.C2H5.3CH3.B.W.Y/c1-5-7(4)6(2)3;4*1-2;;;;;;/h6-7H,5H2,1-4H3;3*1-2H3;1H2,2H3;3*1H3;;;/q;;;;4*-1;;+2;. The largest absolute Gasteiger partial charge is 2.00 e. The van der Waals surface area contributed by atoms with Crippen molar-refractivity contribution >= 4 is 8.41 Å². The van der Waals surface area contributed by atoms with E-state index in [2.05, 4.69) is 34.6 Å². The summed E-state index contributed by atoms with van der Waals surface area (Å²) in [5.74, 6) is 1.77. The molecule has 3 heteroatoms. The van der Waals surface area contributed by atoms with Crippen molar-refractivity contribution in [3.05, 3.63) is 29.2 Å². The number of hydrogen-bond acceptors (Lipinski definition) is 0. The Morgan fingerprint density at radius 3 is 0.857 bits per heavy atom. The van der Waals surface area contributed by atoms with Crippen LogP contribution < -0.4 is 0 Å². The van der Waals surface area contributed by atoms with E-state index in [0.29, 0.717) is 0 Å². The quantitative estimate of drug-likeness (QED) is 0.247. The first kappa shape index (κ1) is 77.7. The van der Waals surface area contributed by atoms with Gasteiger partial charge in [0.15, 0.2) is 0 Å². The van der Waals surface area contributed by atoms with Gasteiger partial charge < -0.3 is 29.2 Å². The minimum atomic E-state index is 0. The molecule has 0 aromatic carbocycles. The summed E-state index contributed by atoms with van der Waals surface area (Å²) in [7, 11) is 0. The monoisotopic (exact) mass is 548 g/mol. The van der Waals surface area contributed by atoms with Crippen LogP contribution in [0.15, 0.2) is 0 Å². The molecule has 1 unspecified atom stereocenters. The molecule has 0 nitrogen and oxygen atoms in total. The molecule has 0 N–H and O–H groups in total. The molecule has 0 aliphatic carbocycles. The predicted octanol–water partition coefficient (Wildman–Crippen LogP) is 7.57. The van der Waals surface area contributed by atoms with Crippen molar-refractivity contribution in [1.82, 2.24) is 0 Å². The summed E-state index contributed by atoms with van der Waals surface area (Å²) in [6.07, 6.45) is 1.32. The summed E-state index contributed by atoms with van der Waals surface area (Å²) in [5, 5.41) is 0. The average Bonchev–Trinajstić information content (AvgIpc) is 2.37. The molecule has 0 aromatic rings. The van der Waals surface area contributed by atoms with Gasteiger partial charge in [0, 0.05) is 41.1 Å². The summed E-state index contributed by atoms with van der Waals surface area (Å²) in [4.78, 5) is 0. The van der Waals surface area contributed by atoms with Crippen LogP contribution in [-0.2, 0) is 53.8 Å². The fourth-order valence-electron chi connectivity index (χ4n) is 0.471. The number of hydrogen-bond donors (Lipinski definition) is 0. The summed E-state index contributed by atoms with van der Waals surface area (Å²) in [6, 6.07) is 0. The molecule has 0 rings (SSSR count). The van der Waals surface area contributed by atoms with Gasteiger partial charge in [-0.3, -0.25) is 0 Å². The molecule has 4 radical (unpaired) electrons. The van der Waals surface area contributed by atoms with Crippen molar-refractivity contribution < 1.29 is 53.8 Å². The molecule has 0 aromatic heterocycles. The van der Waals surface area contributed by atoms with Crippen LogP contribution in [0.25, 0.3) is 0 Å². The van der Waals surface area contributed by atoms with E-state index in [9.17, 15) is 0 Å². The second-order valence-electron chi connectivity index (χ2n) is 2.63. The average molecular weight is 548 g/mol. The Morgan fingerprint density at radius 2 is 0.857 bits per heavy atom. The summed E-state index contributed by atoms with van der Waals surface area (Å²) in [5.41, 5.74) is 0. The van der Waals surface area contributed by atoms with Crippen LogP contribution in [0.1, 0.15) is 82.6 Å². The molecule has 0 amide bonds. The van der Waals surface area contributed by atoms with Gasteiger partial charge in [-0.2, -0.15) is 6.92 Å². The zero-order valence-electron chi connectivity index (χ0n) is 18.1. The van der Waals surface area contributed by atoms with Crippen LogP contribution >= 0.6 is 0 Å². The Bertz CT molecular complexity index is 54.5. The normalized spacial score (nSPS) is 6.14. The maximum absolute atomic E-state index is 3.25.